The first-order valence-corrected chi connectivity index (χ1v) is 15.6. The number of nitrogens with zero attached hydrogens (tertiary/aromatic N) is 3. The highest BCUT2D eigenvalue weighted by Gasteiger charge is 2.72. The molecule has 256 valence electrons. The van der Waals surface area contributed by atoms with Crippen molar-refractivity contribution >= 4 is 29.8 Å². The summed E-state index contributed by atoms with van der Waals surface area (Å²) < 4.78 is 18.1. The van der Waals surface area contributed by atoms with Crippen LogP contribution in [0.1, 0.15) is 43.2 Å². The number of guanidine groups is 1. The number of nitrogens with one attached hydrogen (secondary N) is 2. The summed E-state index contributed by atoms with van der Waals surface area (Å²) in [5.74, 6) is -1.38. The summed E-state index contributed by atoms with van der Waals surface area (Å²) in [6.07, 6.45) is 1.56. The number of amides is 3. The number of aliphatic carboxylic acids is 1. The van der Waals surface area contributed by atoms with Crippen LogP contribution in [0.25, 0.3) is 0 Å². The topological polar surface area (TPSA) is 231 Å². The van der Waals surface area contributed by atoms with Crippen LogP contribution in [0.5, 0.6) is 11.5 Å². The number of likely N-dealkylation sites (tertiary alicyclic amines) is 1. The number of aliphatic hydroxyl groups is 1. The quantitative estimate of drug-likeness (QED) is 0.0661. The zero-order valence-electron chi connectivity index (χ0n) is 26.8. The zero-order chi connectivity index (χ0) is 34.1. The number of hydrogen-bond donors (Lipinski definition) is 6. The maximum atomic E-state index is 13.3. The fourth-order valence-corrected chi connectivity index (χ4v) is 7.48. The number of hydrogen-bond acceptors (Lipinski definition) is 10. The molecule has 47 heavy (non-hydrogen) atoms. The van der Waals surface area contributed by atoms with E-state index in [-0.39, 0.29) is 44.5 Å². The predicted molar refractivity (Wildman–Crippen MR) is 168 cm³/mol. The number of carboxylic acids is 1. The first kappa shape index (κ1) is 33.8. The van der Waals surface area contributed by atoms with Crippen molar-refractivity contribution < 1.29 is 43.6 Å². The van der Waals surface area contributed by atoms with Gasteiger partial charge in [0.15, 0.2) is 23.6 Å². The molecule has 0 radical (unpaired) electrons. The molecule has 8 N–H and O–H groups in total. The van der Waals surface area contributed by atoms with E-state index in [9.17, 15) is 24.3 Å². The summed E-state index contributed by atoms with van der Waals surface area (Å²) in [5.41, 5.74) is 10.7. The summed E-state index contributed by atoms with van der Waals surface area (Å²) in [6, 6.07) is 2.72. The molecule has 4 aliphatic rings. The highest BCUT2D eigenvalue weighted by atomic mass is 16.6. The number of nitrogens with two attached hydrogens (primary N) is 2. The van der Waals surface area contributed by atoms with E-state index < -0.39 is 53.5 Å². The molecule has 16 nitrogen and oxygen atoms in total. The number of rotatable bonds is 13. The SMILES string of the molecule is COc1ccc2c3c1OC1C(OC(=O)N(C)CCNC(=O)C(CCCN=C(N)N)NC(=O)CC(=O)O)=CCC4(O)C(C2)N(C)CCC314. The minimum absolute atomic E-state index is 0.0202. The van der Waals surface area contributed by atoms with Crippen LogP contribution < -0.4 is 31.6 Å². The Kier molecular flexibility index (Phi) is 9.54. The molecule has 1 spiro atoms. The largest absolute Gasteiger partial charge is 0.493 e. The summed E-state index contributed by atoms with van der Waals surface area (Å²) in [4.78, 5) is 56.5. The number of carboxylic acid groups (broad SMARTS) is 1. The van der Waals surface area contributed by atoms with Crippen LogP contribution >= 0.6 is 0 Å². The van der Waals surface area contributed by atoms with Crippen molar-refractivity contribution in [3.05, 3.63) is 35.1 Å². The van der Waals surface area contributed by atoms with Crippen LogP contribution in [0.3, 0.4) is 0 Å². The molecule has 5 rings (SSSR count). The number of benzene rings is 1. The van der Waals surface area contributed by atoms with E-state index in [2.05, 4.69) is 20.5 Å². The van der Waals surface area contributed by atoms with Crippen molar-refractivity contribution in [1.29, 1.82) is 0 Å². The van der Waals surface area contributed by atoms with Gasteiger partial charge in [-0.2, -0.15) is 0 Å². The normalized spacial score (nSPS) is 25.7. The van der Waals surface area contributed by atoms with Crippen molar-refractivity contribution in [1.82, 2.24) is 20.4 Å². The van der Waals surface area contributed by atoms with Crippen LogP contribution in [-0.4, -0.2) is 121 Å². The number of piperidine rings is 1. The van der Waals surface area contributed by atoms with Crippen LogP contribution in [-0.2, 0) is 31.0 Å². The maximum absolute atomic E-state index is 13.3. The lowest BCUT2D eigenvalue weighted by molar-refractivity contribution is -0.163. The van der Waals surface area contributed by atoms with E-state index >= 15 is 0 Å². The Bertz CT molecular complexity index is 1500. The molecule has 5 atom stereocenters. The van der Waals surface area contributed by atoms with E-state index in [4.69, 9.17) is 30.8 Å². The molecule has 2 heterocycles. The molecule has 5 unspecified atom stereocenters. The molecule has 2 bridgehead atoms. The lowest BCUT2D eigenvalue weighted by Crippen LogP contribution is -2.74. The third-order valence-corrected chi connectivity index (χ3v) is 9.73. The first-order valence-electron chi connectivity index (χ1n) is 15.6. The molecular weight excluding hydrogens is 614 g/mol. The van der Waals surface area contributed by atoms with Crippen LogP contribution in [0.15, 0.2) is 29.0 Å². The molecule has 1 aromatic rings. The Morgan fingerprint density at radius 2 is 2.04 bits per heavy atom. The molecule has 1 aromatic carbocycles. The second-order valence-corrected chi connectivity index (χ2v) is 12.5. The molecule has 0 aromatic heterocycles. The van der Waals surface area contributed by atoms with Gasteiger partial charge in [0.25, 0.3) is 0 Å². The third-order valence-electron chi connectivity index (χ3n) is 9.73. The Morgan fingerprint density at radius 3 is 2.74 bits per heavy atom. The van der Waals surface area contributed by atoms with Crippen LogP contribution in [0, 0.1) is 0 Å². The smallest absolute Gasteiger partial charge is 0.414 e. The minimum atomic E-state index is -1.33. The van der Waals surface area contributed by atoms with E-state index in [0.717, 1.165) is 17.7 Å². The van der Waals surface area contributed by atoms with Gasteiger partial charge in [-0.25, -0.2) is 4.79 Å². The molecule has 3 amide bonds. The van der Waals surface area contributed by atoms with E-state index in [1.54, 1.807) is 13.2 Å². The van der Waals surface area contributed by atoms with Crippen molar-refractivity contribution in [2.24, 2.45) is 16.5 Å². The second-order valence-electron chi connectivity index (χ2n) is 12.5. The highest BCUT2D eigenvalue weighted by Crippen LogP contribution is 2.65. The average Bonchev–Trinajstić information content (AvgIpc) is 3.37. The number of ether oxygens (including phenoxy) is 3. The maximum Gasteiger partial charge on any atom is 0.414 e. The summed E-state index contributed by atoms with van der Waals surface area (Å²) in [6.45, 7) is 1.03. The van der Waals surface area contributed by atoms with Gasteiger partial charge in [0.05, 0.1) is 18.1 Å². The van der Waals surface area contributed by atoms with Crippen molar-refractivity contribution in [2.75, 3.05) is 47.4 Å². The van der Waals surface area contributed by atoms with Gasteiger partial charge in [-0.3, -0.25) is 19.4 Å². The molecule has 0 saturated carbocycles. The van der Waals surface area contributed by atoms with Crippen LogP contribution in [0.4, 0.5) is 4.79 Å². The number of methoxy groups -OCH3 is 1. The van der Waals surface area contributed by atoms with E-state index in [1.807, 2.05) is 19.2 Å². The minimum Gasteiger partial charge on any atom is -0.493 e. The lowest BCUT2D eigenvalue weighted by atomic mass is 9.50. The van der Waals surface area contributed by atoms with Gasteiger partial charge in [0.2, 0.25) is 11.8 Å². The summed E-state index contributed by atoms with van der Waals surface area (Å²) in [7, 11) is 5.10. The average molecular weight is 658 g/mol. The standard InChI is InChI=1S/C31H43N7O9/c1-37-13-10-30-24-17-6-7-19(45-3)25(24)47-26(30)20(8-9-31(30,44)21(37)15-17)46-29(43)38(2)14-12-34-27(42)18(5-4-11-35-28(32)33)36-22(39)16-23(40)41/h6-8,18,21,26,44H,4-5,9-16H2,1-3H3,(H,34,42)(H,36,39)(H,40,41)(H4,32,33,35). The van der Waals surface area contributed by atoms with Gasteiger partial charge in [-0.15, -0.1) is 0 Å². The third kappa shape index (κ3) is 6.14. The van der Waals surface area contributed by atoms with Gasteiger partial charge in [0.1, 0.15) is 18.2 Å². The van der Waals surface area contributed by atoms with Gasteiger partial charge in [0, 0.05) is 44.7 Å². The molecule has 1 fully saturated rings. The summed E-state index contributed by atoms with van der Waals surface area (Å²) >= 11 is 0. The van der Waals surface area contributed by atoms with Crippen LogP contribution in [0.2, 0.25) is 0 Å². The number of aliphatic imine (C=N–C) groups is 1. The van der Waals surface area contributed by atoms with Gasteiger partial charge >= 0.3 is 12.1 Å². The Morgan fingerprint density at radius 1 is 1.28 bits per heavy atom. The summed E-state index contributed by atoms with van der Waals surface area (Å²) in [5, 5.41) is 26.3. The Labute approximate surface area is 272 Å². The van der Waals surface area contributed by atoms with Gasteiger partial charge < -0.3 is 56.3 Å². The zero-order valence-corrected chi connectivity index (χ0v) is 26.8. The molecule has 1 saturated heterocycles. The van der Waals surface area contributed by atoms with Crippen molar-refractivity contribution in [3.63, 3.8) is 0 Å². The fourth-order valence-electron chi connectivity index (χ4n) is 7.48. The monoisotopic (exact) mass is 657 g/mol. The predicted octanol–water partition coefficient (Wildman–Crippen LogP) is -0.829. The molecular formula is C31H43N7O9. The van der Waals surface area contributed by atoms with Crippen molar-refractivity contribution in [2.45, 2.75) is 67.7 Å². The molecule has 16 heteroatoms. The number of carbonyl (C=O) groups excluding carboxylic acids is 3. The van der Waals surface area contributed by atoms with Gasteiger partial charge in [-0.05, 0) is 57.0 Å². The fraction of sp³-hybridized carbons (Fsp3) is 0.581. The molecule has 2 aliphatic carbocycles. The highest BCUT2D eigenvalue weighted by molar-refractivity contribution is 5.96. The molecule has 2 aliphatic heterocycles. The Balaban J connectivity index is 1.23. The Hall–Kier alpha value is -4.57. The number of carbonyl (C=O) groups is 4. The lowest BCUT2D eigenvalue weighted by Gasteiger charge is -2.61. The number of likely N-dealkylation sites (N-methyl/N-ethyl adjacent to an activating group) is 2. The van der Waals surface area contributed by atoms with E-state index in [1.165, 1.54) is 11.9 Å². The van der Waals surface area contributed by atoms with Gasteiger partial charge in [-0.1, -0.05) is 6.07 Å². The first-order chi connectivity index (χ1) is 22.3. The second kappa shape index (κ2) is 13.3. The van der Waals surface area contributed by atoms with E-state index in [0.29, 0.717) is 36.5 Å². The van der Waals surface area contributed by atoms with Crippen molar-refractivity contribution in [3.8, 4) is 11.5 Å².